The van der Waals surface area contributed by atoms with Crippen molar-refractivity contribution in [1.29, 1.82) is 0 Å². The summed E-state index contributed by atoms with van der Waals surface area (Å²) < 4.78 is 223. The first-order valence-corrected chi connectivity index (χ1v) is 29.0. The van der Waals surface area contributed by atoms with Crippen molar-refractivity contribution in [2.75, 3.05) is 30.2 Å². The number of anilines is 1. The van der Waals surface area contributed by atoms with E-state index in [-0.39, 0.29) is 25.7 Å². The first-order chi connectivity index (χ1) is 38.1. The number of pyridine rings is 1. The highest BCUT2D eigenvalue weighted by Crippen LogP contribution is 2.68. The Balaban J connectivity index is 1.42. The molecule has 0 spiro atoms. The number of alkyl carbamates (subject to hydrolysis) is 1. The van der Waals surface area contributed by atoms with Crippen LogP contribution in [0.1, 0.15) is 72.6 Å². The van der Waals surface area contributed by atoms with E-state index in [0.29, 0.717) is 12.3 Å². The maximum Gasteiger partial charge on any atom is 0.472 e. The quantitative estimate of drug-likeness (QED) is 0.0245. The number of hydrogen-bond donors (Lipinski definition) is 5. The first kappa shape index (κ1) is 63.5. The predicted octanol–water partition coefficient (Wildman–Crippen LogP) is 6.83. The van der Waals surface area contributed by atoms with Crippen LogP contribution in [0.4, 0.5) is 59.3 Å². The van der Waals surface area contributed by atoms with E-state index in [0.717, 1.165) is 42.7 Å². The normalized spacial score (nSPS) is 16.7. The second-order valence-electron chi connectivity index (χ2n) is 19.2. The molecule has 450 valence electrons. The molecular weight excluding hydrogens is 1230 g/mol. The molecule has 37 heteroatoms. The number of phosphoric ester groups is 1. The fourth-order valence-electron chi connectivity index (χ4n) is 8.72. The highest BCUT2D eigenvalue weighted by atomic mass is 35.5. The molecule has 3 heterocycles. The average Bonchev–Trinajstić information content (AvgIpc) is 1.63. The molecule has 5 N–H and O–H groups in total. The van der Waals surface area contributed by atoms with Crippen LogP contribution in [0.5, 0.6) is 0 Å². The predicted molar refractivity (Wildman–Crippen MR) is 265 cm³/mol. The lowest BCUT2D eigenvalue weighted by atomic mass is 9.93. The Morgan fingerprint density at radius 2 is 1.60 bits per heavy atom. The maximum atomic E-state index is 15.7. The van der Waals surface area contributed by atoms with Crippen molar-refractivity contribution in [3.8, 4) is 23.0 Å². The molecule has 2 aromatic carbocycles. The SMILES string of the molecule is CC(C)(C#Cc1ccc(-c2ccc(Cl)c3c(N(C(=O)O[C@H](CNC(=O)OCOP(=O)(O)O)CC(=O)O)S(C)(=O)=O)nn(CC(F)(F)F)c23)c([C@H](Cc2cc(F)cc(F)c2)NC(=O)Cn2nc(C(F)(F)F)c3c2C(F)(F)[C@@H]2C[C@H]32)n1)S(C)(=O)=O. The lowest BCUT2D eigenvalue weighted by Gasteiger charge is -2.23. The summed E-state index contributed by atoms with van der Waals surface area (Å²) in [6.07, 6.45) is -17.6. The molecule has 0 unspecified atom stereocenters. The van der Waals surface area contributed by atoms with Crippen LogP contribution in [-0.4, -0.2) is 123 Å². The number of carbonyl (C=O) groups excluding carboxylic acids is 3. The first-order valence-electron chi connectivity index (χ1n) is 23.4. The van der Waals surface area contributed by atoms with Gasteiger partial charge in [0.25, 0.3) is 5.92 Å². The third kappa shape index (κ3) is 14.6. The van der Waals surface area contributed by atoms with Gasteiger partial charge in [-0.1, -0.05) is 23.6 Å². The summed E-state index contributed by atoms with van der Waals surface area (Å²) in [4.78, 5) is 74.3. The molecule has 1 fully saturated rings. The number of hydrogen-bond acceptors (Lipinski definition) is 15. The third-order valence-corrected chi connectivity index (χ3v) is 16.3. The Bertz CT molecular complexity index is 3790. The molecule has 0 bridgehead atoms. The average molecular weight is 1270 g/mol. The van der Waals surface area contributed by atoms with Gasteiger partial charge in [0.05, 0.1) is 46.9 Å². The van der Waals surface area contributed by atoms with E-state index >= 15 is 8.78 Å². The molecule has 0 saturated heterocycles. The summed E-state index contributed by atoms with van der Waals surface area (Å²) in [6.45, 7) is -3.62. The number of aromatic nitrogens is 5. The molecule has 0 radical (unpaired) electrons. The van der Waals surface area contributed by atoms with Crippen molar-refractivity contribution in [3.63, 3.8) is 0 Å². The second kappa shape index (κ2) is 22.8. The Kier molecular flexibility index (Phi) is 17.5. The van der Waals surface area contributed by atoms with Crippen molar-refractivity contribution in [2.24, 2.45) is 5.92 Å². The van der Waals surface area contributed by atoms with Gasteiger partial charge in [-0.15, -0.1) is 0 Å². The van der Waals surface area contributed by atoms with Crippen molar-refractivity contribution in [3.05, 3.63) is 93.0 Å². The third-order valence-electron chi connectivity index (χ3n) is 12.6. The minimum Gasteiger partial charge on any atom is -0.481 e. The second-order valence-corrected chi connectivity index (χ2v) is 25.2. The van der Waals surface area contributed by atoms with E-state index in [1.165, 1.54) is 13.8 Å². The summed E-state index contributed by atoms with van der Waals surface area (Å²) in [5, 5.41) is 19.4. The van der Waals surface area contributed by atoms with Gasteiger partial charge in [0.15, 0.2) is 21.3 Å². The Morgan fingerprint density at radius 3 is 2.18 bits per heavy atom. The van der Waals surface area contributed by atoms with Gasteiger partial charge < -0.3 is 35.0 Å². The number of ether oxygens (including phenoxy) is 2. The molecule has 2 aliphatic carbocycles. The molecule has 7 rings (SSSR count). The van der Waals surface area contributed by atoms with Gasteiger partial charge in [-0.2, -0.15) is 49.6 Å². The molecule has 3 amide bonds. The monoisotopic (exact) mass is 1270 g/mol. The van der Waals surface area contributed by atoms with Crippen molar-refractivity contribution < 1.29 is 113 Å². The van der Waals surface area contributed by atoms with Crippen LogP contribution in [0.25, 0.3) is 22.0 Å². The van der Waals surface area contributed by atoms with E-state index in [9.17, 15) is 80.8 Å². The number of fused-ring (bicyclic) bond motifs is 4. The summed E-state index contributed by atoms with van der Waals surface area (Å²) in [7, 11) is -14.4. The van der Waals surface area contributed by atoms with Crippen LogP contribution in [0.3, 0.4) is 0 Å². The smallest absolute Gasteiger partial charge is 0.472 e. The van der Waals surface area contributed by atoms with Crippen LogP contribution in [0.2, 0.25) is 5.02 Å². The minimum atomic E-state index is -5.31. The van der Waals surface area contributed by atoms with Crippen molar-refractivity contribution >= 4 is 80.1 Å². The summed E-state index contributed by atoms with van der Waals surface area (Å²) >= 11 is 6.62. The molecule has 83 heavy (non-hydrogen) atoms. The molecule has 5 aromatic rings. The zero-order valence-corrected chi connectivity index (χ0v) is 45.9. The number of alkyl halides is 8. The standard InChI is InChI=1S/C46H42ClF10N8O15PS2/c1-43(2,82(3,74)75)10-9-24-5-6-26(36(59-24)31(13-21-11-22(48)14-23(49)12-21)60-32(66)18-63-39-34(38(61-63)46(55,56)57)28-16-29(28)45(39,53)54)27-7-8-30(47)35-37(27)64(19-44(50,51)52)62-40(35)65(83(4,76)77)42(70)80-25(15-33(67)68)17-58-41(69)78-20-79-81(71,72)73/h5-8,11-12,14,25,28-29,31H,13,15-20H2,1-4H3,(H,58,69)(H,60,66)(H,67,68)(H2,71,72,73)/t25-,28-,29+,31-/m0/s1. The zero-order chi connectivity index (χ0) is 61.9. The van der Waals surface area contributed by atoms with E-state index in [2.05, 4.69) is 41.6 Å². The number of amides is 3. The molecule has 23 nitrogen and oxygen atoms in total. The zero-order valence-electron chi connectivity index (χ0n) is 42.6. The van der Waals surface area contributed by atoms with Gasteiger partial charge >= 0.3 is 38.3 Å². The molecule has 3 aromatic heterocycles. The Hall–Kier alpha value is -7.09. The number of benzene rings is 2. The fourth-order valence-corrected chi connectivity index (χ4v) is 10.1. The van der Waals surface area contributed by atoms with Gasteiger partial charge in [-0.25, -0.2) is 49.3 Å². The number of nitrogens with zero attached hydrogens (tertiary/aromatic N) is 6. The molecule has 4 atom stereocenters. The lowest BCUT2D eigenvalue weighted by molar-refractivity contribution is -0.143. The molecule has 0 aliphatic heterocycles. The van der Waals surface area contributed by atoms with Gasteiger partial charge in [-0.3, -0.25) is 19.0 Å². The minimum absolute atomic E-state index is 0.0757. The van der Waals surface area contributed by atoms with Crippen molar-refractivity contribution in [1.82, 2.24) is 35.2 Å². The number of carbonyl (C=O) groups is 4. The lowest BCUT2D eigenvalue weighted by Crippen LogP contribution is -2.43. The number of phosphoric acid groups is 1. The highest BCUT2D eigenvalue weighted by Gasteiger charge is 2.68. The molecular formula is C46H42ClF10N8O15PS2. The summed E-state index contributed by atoms with van der Waals surface area (Å²) in [6, 6.07) is 3.95. The van der Waals surface area contributed by atoms with Gasteiger partial charge in [0.1, 0.15) is 47.0 Å². The van der Waals surface area contributed by atoms with Gasteiger partial charge in [0, 0.05) is 34.9 Å². The van der Waals surface area contributed by atoms with Crippen LogP contribution in [0.15, 0.2) is 42.5 Å². The number of carboxylic acid groups (broad SMARTS) is 1. The van der Waals surface area contributed by atoms with Crippen LogP contribution in [-0.2, 0) is 79.6 Å². The summed E-state index contributed by atoms with van der Waals surface area (Å²) in [5.74, 6) is -8.65. The Labute approximate surface area is 466 Å². The van der Waals surface area contributed by atoms with Crippen LogP contribution >= 0.6 is 19.4 Å². The number of nitrogens with one attached hydrogen (secondary N) is 2. The Morgan fingerprint density at radius 1 is 0.964 bits per heavy atom. The number of rotatable bonds is 19. The molecule has 1 saturated carbocycles. The topological polar surface area (TPSA) is 318 Å². The van der Waals surface area contributed by atoms with Crippen molar-refractivity contribution in [2.45, 2.75) is 87.3 Å². The maximum absolute atomic E-state index is 15.7. The number of sulfone groups is 1. The van der Waals surface area contributed by atoms with Crippen LogP contribution < -0.4 is 14.9 Å². The van der Waals surface area contributed by atoms with E-state index in [4.69, 9.17) is 26.1 Å². The number of sulfonamides is 1. The van der Waals surface area contributed by atoms with E-state index in [1.54, 1.807) is 0 Å². The fraction of sp³-hybridized carbons (Fsp3) is 0.413. The largest absolute Gasteiger partial charge is 0.481 e. The number of aliphatic carboxylic acids is 1. The van der Waals surface area contributed by atoms with Gasteiger partial charge in [0.2, 0.25) is 22.7 Å². The van der Waals surface area contributed by atoms with Gasteiger partial charge in [-0.05, 0) is 74.4 Å². The van der Waals surface area contributed by atoms with E-state index < -0.39 is 211 Å². The number of halogens is 11. The number of carboxylic acids is 1. The highest BCUT2D eigenvalue weighted by molar-refractivity contribution is 7.93. The van der Waals surface area contributed by atoms with Crippen LogP contribution in [0, 0.1) is 29.4 Å². The van der Waals surface area contributed by atoms with E-state index in [1.807, 2.05) is 5.32 Å². The molecule has 2 aliphatic rings. The summed E-state index contributed by atoms with van der Waals surface area (Å²) in [5.41, 5.74) is -6.93.